The molecule has 0 saturated carbocycles. The number of hydrogen-bond donors (Lipinski definition) is 1. The first kappa shape index (κ1) is 21.1. The van der Waals surface area contributed by atoms with E-state index in [0.29, 0.717) is 31.1 Å². The van der Waals surface area contributed by atoms with Gasteiger partial charge in [-0.3, -0.25) is 0 Å². The van der Waals surface area contributed by atoms with Crippen LogP contribution < -0.4 is 10.1 Å². The molecule has 2 aromatic rings. The van der Waals surface area contributed by atoms with Gasteiger partial charge >= 0.3 is 6.03 Å². The van der Waals surface area contributed by atoms with Crippen molar-refractivity contribution in [3.8, 4) is 5.75 Å². The van der Waals surface area contributed by atoms with E-state index in [0.717, 1.165) is 12.8 Å². The van der Waals surface area contributed by atoms with Gasteiger partial charge in [-0.05, 0) is 61.4 Å². The van der Waals surface area contributed by atoms with Gasteiger partial charge in [0.05, 0.1) is 11.4 Å². The zero-order valence-corrected chi connectivity index (χ0v) is 17.0. The van der Waals surface area contributed by atoms with Crippen molar-refractivity contribution in [3.63, 3.8) is 0 Å². The molecule has 29 heavy (non-hydrogen) atoms. The Labute approximate surface area is 170 Å². The number of anilines is 1. The van der Waals surface area contributed by atoms with Crippen LogP contribution in [0.5, 0.6) is 5.75 Å². The van der Waals surface area contributed by atoms with Crippen LogP contribution in [0.4, 0.5) is 14.9 Å². The van der Waals surface area contributed by atoms with E-state index in [2.05, 4.69) is 5.32 Å². The Morgan fingerprint density at radius 2 is 1.72 bits per heavy atom. The molecule has 1 fully saturated rings. The third-order valence-electron chi connectivity index (χ3n) is 4.66. The van der Waals surface area contributed by atoms with E-state index in [4.69, 9.17) is 4.74 Å². The van der Waals surface area contributed by atoms with Gasteiger partial charge in [-0.15, -0.1) is 0 Å². The quantitative estimate of drug-likeness (QED) is 0.745. The molecule has 1 aliphatic rings. The van der Waals surface area contributed by atoms with E-state index < -0.39 is 10.0 Å². The maximum Gasteiger partial charge on any atom is 0.321 e. The van der Waals surface area contributed by atoms with Crippen LogP contribution in [0.1, 0.15) is 12.8 Å². The molecule has 0 atom stereocenters. The summed E-state index contributed by atoms with van der Waals surface area (Å²) in [5.74, 6) is 0.183. The number of amides is 2. The highest BCUT2D eigenvalue weighted by Gasteiger charge is 2.26. The summed E-state index contributed by atoms with van der Waals surface area (Å²) < 4.78 is 44.9. The second-order valence-corrected chi connectivity index (χ2v) is 8.73. The Balaban J connectivity index is 1.50. The average Bonchev–Trinajstić information content (AvgIpc) is 3.25. The predicted octanol–water partition coefficient (Wildman–Crippen LogP) is 3.15. The average molecular weight is 421 g/mol. The Hall–Kier alpha value is -2.65. The summed E-state index contributed by atoms with van der Waals surface area (Å²) in [4.78, 5) is 13.9. The molecule has 0 unspecified atom stereocenters. The number of carbonyl (C=O) groups excluding carboxylic acids is 1. The molecule has 0 aliphatic carbocycles. The molecule has 1 aliphatic heterocycles. The minimum atomic E-state index is -3.47. The summed E-state index contributed by atoms with van der Waals surface area (Å²) in [5, 5.41) is 2.72. The Kier molecular flexibility index (Phi) is 6.71. The minimum Gasteiger partial charge on any atom is -0.492 e. The Morgan fingerprint density at radius 1 is 1.10 bits per heavy atom. The first-order valence-electron chi connectivity index (χ1n) is 9.37. The summed E-state index contributed by atoms with van der Waals surface area (Å²) in [6.45, 7) is 1.67. The number of sulfonamides is 1. The van der Waals surface area contributed by atoms with Gasteiger partial charge in [-0.2, -0.15) is 4.31 Å². The fraction of sp³-hybridized carbons (Fsp3) is 0.350. The maximum atomic E-state index is 12.9. The molecule has 1 heterocycles. The van der Waals surface area contributed by atoms with Crippen molar-refractivity contribution in [3.05, 3.63) is 54.3 Å². The number of benzene rings is 2. The molecule has 0 aromatic heterocycles. The highest BCUT2D eigenvalue weighted by atomic mass is 32.2. The van der Waals surface area contributed by atoms with Gasteiger partial charge < -0.3 is 15.0 Å². The number of halogens is 1. The number of rotatable bonds is 7. The lowest BCUT2D eigenvalue weighted by Crippen LogP contribution is -2.34. The number of nitrogens with one attached hydrogen (secondary N) is 1. The van der Waals surface area contributed by atoms with Crippen LogP contribution in [0.25, 0.3) is 0 Å². The highest BCUT2D eigenvalue weighted by Crippen LogP contribution is 2.22. The second kappa shape index (κ2) is 9.23. The molecule has 7 nitrogen and oxygen atoms in total. The monoisotopic (exact) mass is 421 g/mol. The zero-order valence-electron chi connectivity index (χ0n) is 16.2. The molecule has 2 aromatic carbocycles. The van der Waals surface area contributed by atoms with E-state index >= 15 is 0 Å². The second-order valence-electron chi connectivity index (χ2n) is 6.79. The lowest BCUT2D eigenvalue weighted by atomic mass is 10.3. The summed E-state index contributed by atoms with van der Waals surface area (Å²) in [6.07, 6.45) is 1.76. The molecule has 156 valence electrons. The summed E-state index contributed by atoms with van der Waals surface area (Å²) >= 11 is 0. The molecule has 0 radical (unpaired) electrons. The largest absolute Gasteiger partial charge is 0.492 e. The molecular weight excluding hydrogens is 397 g/mol. The lowest BCUT2D eigenvalue weighted by molar-refractivity contribution is 0.207. The number of hydrogen-bond acceptors (Lipinski definition) is 4. The van der Waals surface area contributed by atoms with Crippen LogP contribution >= 0.6 is 0 Å². The molecule has 0 spiro atoms. The van der Waals surface area contributed by atoms with Crippen LogP contribution in [-0.2, 0) is 10.0 Å². The van der Waals surface area contributed by atoms with Crippen molar-refractivity contribution in [2.24, 2.45) is 0 Å². The van der Waals surface area contributed by atoms with E-state index in [1.807, 2.05) is 0 Å². The molecule has 1 N–H and O–H groups in total. The van der Waals surface area contributed by atoms with Crippen LogP contribution in [-0.4, -0.2) is 56.9 Å². The number of nitrogens with zero attached hydrogens (tertiary/aromatic N) is 2. The first-order valence-corrected chi connectivity index (χ1v) is 10.8. The van der Waals surface area contributed by atoms with Crippen molar-refractivity contribution >= 4 is 21.7 Å². The molecule has 3 rings (SSSR count). The smallest absolute Gasteiger partial charge is 0.321 e. The summed E-state index contributed by atoms with van der Waals surface area (Å²) in [7, 11) is -1.85. The molecule has 2 amide bonds. The highest BCUT2D eigenvalue weighted by molar-refractivity contribution is 7.89. The van der Waals surface area contributed by atoms with Crippen molar-refractivity contribution in [1.82, 2.24) is 9.21 Å². The van der Waals surface area contributed by atoms with E-state index in [1.165, 1.54) is 45.6 Å². The number of carbonyl (C=O) groups is 1. The van der Waals surface area contributed by atoms with Crippen molar-refractivity contribution < 1.29 is 22.3 Å². The van der Waals surface area contributed by atoms with Gasteiger partial charge in [-0.1, -0.05) is 0 Å². The van der Waals surface area contributed by atoms with Crippen LogP contribution in [0.2, 0.25) is 0 Å². The molecule has 0 bridgehead atoms. The lowest BCUT2D eigenvalue weighted by Gasteiger charge is -2.19. The minimum absolute atomic E-state index is 0.221. The topological polar surface area (TPSA) is 79.0 Å². The Bertz CT molecular complexity index is 927. The van der Waals surface area contributed by atoms with Gasteiger partial charge in [0.1, 0.15) is 18.2 Å². The van der Waals surface area contributed by atoms with Gasteiger partial charge in [-0.25, -0.2) is 17.6 Å². The molecular formula is C20H24FN3O4S. The third kappa shape index (κ3) is 5.45. The van der Waals surface area contributed by atoms with Crippen LogP contribution in [0.3, 0.4) is 0 Å². The Morgan fingerprint density at radius 3 is 2.34 bits per heavy atom. The van der Waals surface area contributed by atoms with E-state index in [9.17, 15) is 17.6 Å². The summed E-state index contributed by atoms with van der Waals surface area (Å²) in [6, 6.07) is 11.5. The maximum absolute atomic E-state index is 12.9. The SMILES string of the molecule is CN(CCOc1ccc(F)cc1)C(=O)Nc1ccc(S(=O)(=O)N2CCCC2)cc1. The zero-order chi connectivity index (χ0) is 20.9. The fourth-order valence-electron chi connectivity index (χ4n) is 2.94. The van der Waals surface area contributed by atoms with Crippen LogP contribution in [0, 0.1) is 5.82 Å². The van der Waals surface area contributed by atoms with Crippen molar-refractivity contribution in [2.45, 2.75) is 17.7 Å². The van der Waals surface area contributed by atoms with Gasteiger partial charge in [0, 0.05) is 25.8 Å². The number of likely N-dealkylation sites (N-methyl/N-ethyl adjacent to an activating group) is 1. The van der Waals surface area contributed by atoms with Gasteiger partial charge in [0.25, 0.3) is 0 Å². The molecule has 9 heteroatoms. The molecule has 1 saturated heterocycles. The first-order chi connectivity index (χ1) is 13.9. The van der Waals surface area contributed by atoms with Crippen LogP contribution in [0.15, 0.2) is 53.4 Å². The fourth-order valence-corrected chi connectivity index (χ4v) is 4.46. The normalized spacial score (nSPS) is 14.6. The number of urea groups is 1. The summed E-state index contributed by atoms with van der Waals surface area (Å²) in [5.41, 5.74) is 0.502. The predicted molar refractivity (Wildman–Crippen MR) is 108 cm³/mol. The van der Waals surface area contributed by atoms with E-state index in [-0.39, 0.29) is 23.4 Å². The standard InChI is InChI=1S/C20H24FN3O4S/c1-23(14-15-28-18-8-4-16(21)5-9-18)20(25)22-17-6-10-19(11-7-17)29(26,27)24-12-2-3-13-24/h4-11H,2-3,12-15H2,1H3,(H,22,25). The van der Waals surface area contributed by atoms with E-state index in [1.54, 1.807) is 19.2 Å². The van der Waals surface area contributed by atoms with Crippen molar-refractivity contribution in [2.75, 3.05) is 38.6 Å². The third-order valence-corrected chi connectivity index (χ3v) is 6.58. The van der Waals surface area contributed by atoms with Crippen molar-refractivity contribution in [1.29, 1.82) is 0 Å². The van der Waals surface area contributed by atoms with Gasteiger partial charge in [0.2, 0.25) is 10.0 Å². The number of ether oxygens (including phenoxy) is 1. The van der Waals surface area contributed by atoms with Gasteiger partial charge in [0.15, 0.2) is 0 Å².